The van der Waals surface area contributed by atoms with Crippen molar-refractivity contribution in [3.8, 4) is 11.4 Å². The van der Waals surface area contributed by atoms with Gasteiger partial charge in [-0.05, 0) is 17.9 Å². The first-order valence-corrected chi connectivity index (χ1v) is 6.34. The van der Waals surface area contributed by atoms with E-state index in [0.29, 0.717) is 11.7 Å². The van der Waals surface area contributed by atoms with Crippen LogP contribution in [0.15, 0.2) is 30.3 Å². The molecule has 0 aliphatic heterocycles. The van der Waals surface area contributed by atoms with Crippen molar-refractivity contribution in [2.45, 2.75) is 33.1 Å². The minimum absolute atomic E-state index is 0.350. The lowest BCUT2D eigenvalue weighted by atomic mass is 10.0. The van der Waals surface area contributed by atoms with Gasteiger partial charge in [0.05, 0.1) is 0 Å². The van der Waals surface area contributed by atoms with Crippen molar-refractivity contribution in [1.82, 2.24) is 9.97 Å². The molecule has 0 spiro atoms. The number of aromatic nitrogens is 2. The molecule has 0 unspecified atom stereocenters. The quantitative estimate of drug-likeness (QED) is 0.895. The second-order valence-corrected chi connectivity index (χ2v) is 4.71. The molecular formula is C15H19N3. The highest BCUT2D eigenvalue weighted by Crippen LogP contribution is 2.24. The molecule has 2 aromatic rings. The minimum Gasteiger partial charge on any atom is -0.384 e. The van der Waals surface area contributed by atoms with Gasteiger partial charge in [-0.2, -0.15) is 0 Å². The smallest absolute Gasteiger partial charge is 0.162 e. The molecule has 2 rings (SSSR count). The Bertz CT molecular complexity index is 547. The predicted octanol–water partition coefficient (Wildman–Crippen LogP) is 3.41. The third-order valence-corrected chi connectivity index (χ3v) is 3.00. The Balaban J connectivity index is 2.56. The fourth-order valence-corrected chi connectivity index (χ4v) is 1.95. The van der Waals surface area contributed by atoms with Crippen LogP contribution in [0.4, 0.5) is 5.82 Å². The molecule has 0 bridgehead atoms. The van der Waals surface area contributed by atoms with Crippen molar-refractivity contribution >= 4 is 5.82 Å². The molecule has 18 heavy (non-hydrogen) atoms. The van der Waals surface area contributed by atoms with Gasteiger partial charge in [0, 0.05) is 17.3 Å². The molecule has 0 saturated carbocycles. The molecule has 0 amide bonds. The number of anilines is 1. The van der Waals surface area contributed by atoms with E-state index in [1.165, 1.54) is 5.56 Å². The summed E-state index contributed by atoms with van der Waals surface area (Å²) in [4.78, 5) is 8.98. The van der Waals surface area contributed by atoms with E-state index in [0.717, 1.165) is 23.5 Å². The fraction of sp³-hybridized carbons (Fsp3) is 0.333. The van der Waals surface area contributed by atoms with Crippen LogP contribution in [0, 0.1) is 0 Å². The van der Waals surface area contributed by atoms with Gasteiger partial charge in [-0.3, -0.25) is 0 Å². The van der Waals surface area contributed by atoms with E-state index < -0.39 is 0 Å². The van der Waals surface area contributed by atoms with Crippen molar-refractivity contribution in [2.24, 2.45) is 0 Å². The first-order valence-electron chi connectivity index (χ1n) is 6.34. The van der Waals surface area contributed by atoms with Crippen LogP contribution in [0.5, 0.6) is 0 Å². The fourth-order valence-electron chi connectivity index (χ4n) is 1.95. The largest absolute Gasteiger partial charge is 0.384 e. The van der Waals surface area contributed by atoms with Gasteiger partial charge in [0.25, 0.3) is 0 Å². The zero-order chi connectivity index (χ0) is 13.1. The van der Waals surface area contributed by atoms with Crippen molar-refractivity contribution in [3.63, 3.8) is 0 Å². The van der Waals surface area contributed by atoms with Gasteiger partial charge in [-0.15, -0.1) is 0 Å². The molecule has 0 atom stereocenters. The molecule has 3 heteroatoms. The summed E-state index contributed by atoms with van der Waals surface area (Å²) in [5.74, 6) is 1.62. The molecule has 3 nitrogen and oxygen atoms in total. The molecule has 0 aliphatic rings. The lowest BCUT2D eigenvalue weighted by molar-refractivity contribution is 0.818. The van der Waals surface area contributed by atoms with Crippen molar-refractivity contribution in [2.75, 3.05) is 5.73 Å². The molecule has 1 aromatic carbocycles. The molecule has 1 heterocycles. The highest BCUT2D eigenvalue weighted by molar-refractivity contribution is 5.61. The molecule has 0 saturated heterocycles. The second kappa shape index (κ2) is 5.17. The predicted molar refractivity (Wildman–Crippen MR) is 75.3 cm³/mol. The molecule has 0 aliphatic carbocycles. The van der Waals surface area contributed by atoms with Gasteiger partial charge in [0.1, 0.15) is 5.82 Å². The van der Waals surface area contributed by atoms with E-state index in [-0.39, 0.29) is 0 Å². The van der Waals surface area contributed by atoms with Gasteiger partial charge in [-0.1, -0.05) is 45.0 Å². The molecule has 2 N–H and O–H groups in total. The Hall–Kier alpha value is -1.90. The van der Waals surface area contributed by atoms with Crippen LogP contribution >= 0.6 is 0 Å². The summed E-state index contributed by atoms with van der Waals surface area (Å²) >= 11 is 0. The van der Waals surface area contributed by atoms with Crippen LogP contribution in [-0.2, 0) is 6.42 Å². The average Bonchev–Trinajstić information content (AvgIpc) is 2.38. The van der Waals surface area contributed by atoms with Gasteiger partial charge in [0.2, 0.25) is 0 Å². The highest BCUT2D eigenvalue weighted by atomic mass is 14.9. The molecule has 0 fully saturated rings. The van der Waals surface area contributed by atoms with E-state index in [4.69, 9.17) is 5.73 Å². The van der Waals surface area contributed by atoms with E-state index in [1.54, 1.807) is 0 Å². The topological polar surface area (TPSA) is 51.8 Å². The van der Waals surface area contributed by atoms with E-state index in [9.17, 15) is 0 Å². The normalized spacial score (nSPS) is 10.9. The third kappa shape index (κ3) is 2.50. The SMILES string of the molecule is CCc1ccccc1-c1nc(N)cc(C(C)C)n1. The summed E-state index contributed by atoms with van der Waals surface area (Å²) in [6.07, 6.45) is 0.964. The Morgan fingerprint density at radius 3 is 2.56 bits per heavy atom. The Morgan fingerprint density at radius 1 is 1.17 bits per heavy atom. The first-order chi connectivity index (χ1) is 8.61. The van der Waals surface area contributed by atoms with Crippen molar-refractivity contribution < 1.29 is 0 Å². The van der Waals surface area contributed by atoms with Crippen LogP contribution in [0.2, 0.25) is 0 Å². The standard InChI is InChI=1S/C15H19N3/c1-4-11-7-5-6-8-12(11)15-17-13(10(2)3)9-14(16)18-15/h5-10H,4H2,1-3H3,(H2,16,17,18). The van der Waals surface area contributed by atoms with Crippen LogP contribution in [0.3, 0.4) is 0 Å². The minimum atomic E-state index is 0.350. The highest BCUT2D eigenvalue weighted by Gasteiger charge is 2.10. The number of benzene rings is 1. The Labute approximate surface area is 108 Å². The Morgan fingerprint density at radius 2 is 1.89 bits per heavy atom. The van der Waals surface area contributed by atoms with Gasteiger partial charge in [0.15, 0.2) is 5.82 Å². The van der Waals surface area contributed by atoms with Crippen LogP contribution in [0.25, 0.3) is 11.4 Å². The van der Waals surface area contributed by atoms with E-state index >= 15 is 0 Å². The van der Waals surface area contributed by atoms with Crippen LogP contribution in [-0.4, -0.2) is 9.97 Å². The van der Waals surface area contributed by atoms with Crippen LogP contribution < -0.4 is 5.73 Å². The zero-order valence-corrected chi connectivity index (χ0v) is 11.1. The lowest BCUT2D eigenvalue weighted by Crippen LogP contribution is -2.02. The number of hydrogen-bond acceptors (Lipinski definition) is 3. The number of nitrogen functional groups attached to an aromatic ring is 1. The van der Waals surface area contributed by atoms with Gasteiger partial charge >= 0.3 is 0 Å². The maximum atomic E-state index is 5.87. The maximum absolute atomic E-state index is 5.87. The molecular weight excluding hydrogens is 222 g/mol. The zero-order valence-electron chi connectivity index (χ0n) is 11.1. The van der Waals surface area contributed by atoms with E-state index in [2.05, 4.69) is 42.9 Å². The third-order valence-electron chi connectivity index (χ3n) is 3.00. The summed E-state index contributed by atoms with van der Waals surface area (Å²) < 4.78 is 0. The first kappa shape index (κ1) is 12.6. The number of rotatable bonds is 3. The molecule has 94 valence electrons. The van der Waals surface area contributed by atoms with Gasteiger partial charge < -0.3 is 5.73 Å². The second-order valence-electron chi connectivity index (χ2n) is 4.71. The number of hydrogen-bond donors (Lipinski definition) is 1. The van der Waals surface area contributed by atoms with Crippen LogP contribution in [0.1, 0.15) is 37.9 Å². The number of nitrogens with zero attached hydrogens (tertiary/aromatic N) is 2. The van der Waals surface area contributed by atoms with E-state index in [1.807, 2.05) is 18.2 Å². The van der Waals surface area contributed by atoms with Crippen molar-refractivity contribution in [1.29, 1.82) is 0 Å². The summed E-state index contributed by atoms with van der Waals surface area (Å²) in [6.45, 7) is 6.35. The summed E-state index contributed by atoms with van der Waals surface area (Å²) in [7, 11) is 0. The average molecular weight is 241 g/mol. The van der Waals surface area contributed by atoms with Crippen molar-refractivity contribution in [3.05, 3.63) is 41.6 Å². The number of aryl methyl sites for hydroxylation is 1. The summed E-state index contributed by atoms with van der Waals surface area (Å²) in [5, 5.41) is 0. The summed E-state index contributed by atoms with van der Waals surface area (Å²) in [6, 6.07) is 10.1. The maximum Gasteiger partial charge on any atom is 0.162 e. The monoisotopic (exact) mass is 241 g/mol. The van der Waals surface area contributed by atoms with Gasteiger partial charge in [-0.25, -0.2) is 9.97 Å². The molecule has 0 radical (unpaired) electrons. The Kier molecular flexibility index (Phi) is 3.60. The number of nitrogens with two attached hydrogens (primary N) is 1. The summed E-state index contributed by atoms with van der Waals surface area (Å²) in [5.41, 5.74) is 9.19. The lowest BCUT2D eigenvalue weighted by Gasteiger charge is -2.10. The molecule has 1 aromatic heterocycles.